The molecule has 0 atom stereocenters. The van der Waals surface area contributed by atoms with Crippen LogP contribution in [0.1, 0.15) is 15.2 Å². The summed E-state index contributed by atoms with van der Waals surface area (Å²) in [7, 11) is 1.33. The predicted molar refractivity (Wildman–Crippen MR) is 75.3 cm³/mol. The topological polar surface area (TPSA) is 52.3 Å². The third-order valence-corrected chi connectivity index (χ3v) is 4.25. The Hall–Kier alpha value is -1.52. The normalized spacial score (nSPS) is 10.4. The van der Waals surface area contributed by atoms with Gasteiger partial charge >= 0.3 is 5.97 Å². The van der Waals surface area contributed by atoms with Crippen molar-refractivity contribution in [2.75, 3.05) is 12.8 Å². The van der Waals surface area contributed by atoms with E-state index in [9.17, 15) is 4.79 Å². The van der Waals surface area contributed by atoms with Gasteiger partial charge in [-0.2, -0.15) is 0 Å². The van der Waals surface area contributed by atoms with Gasteiger partial charge < -0.3 is 10.5 Å². The first kappa shape index (κ1) is 12.9. The van der Waals surface area contributed by atoms with E-state index < -0.39 is 5.97 Å². The molecule has 1 aromatic carbocycles. The molecule has 0 unspecified atom stereocenters. The number of carbonyl (C=O) groups excluding carboxylic acids is 1. The van der Waals surface area contributed by atoms with Crippen LogP contribution < -0.4 is 5.73 Å². The van der Waals surface area contributed by atoms with Crippen molar-refractivity contribution < 1.29 is 9.53 Å². The Morgan fingerprint density at radius 3 is 2.83 bits per heavy atom. The maximum absolute atomic E-state index is 11.5. The van der Waals surface area contributed by atoms with E-state index in [1.54, 1.807) is 6.07 Å². The summed E-state index contributed by atoms with van der Waals surface area (Å²) in [5.41, 5.74) is 8.09. The molecule has 0 bridgehead atoms. The van der Waals surface area contributed by atoms with Crippen molar-refractivity contribution in [3.63, 3.8) is 0 Å². The molecular formula is C13H12ClNO2S. The van der Waals surface area contributed by atoms with Crippen molar-refractivity contribution in [1.82, 2.24) is 0 Å². The summed E-state index contributed by atoms with van der Waals surface area (Å²) in [5, 5.41) is 0.676. The molecule has 0 spiro atoms. The van der Waals surface area contributed by atoms with Gasteiger partial charge in [0.1, 0.15) is 4.88 Å². The molecule has 2 N–H and O–H groups in total. The average Bonchev–Trinajstić information content (AvgIpc) is 2.73. The van der Waals surface area contributed by atoms with Crippen molar-refractivity contribution in [3.05, 3.63) is 39.7 Å². The van der Waals surface area contributed by atoms with E-state index in [1.165, 1.54) is 18.4 Å². The lowest BCUT2D eigenvalue weighted by atomic mass is 10.1. The molecule has 0 saturated heterocycles. The molecule has 2 aromatic rings. The van der Waals surface area contributed by atoms with E-state index in [4.69, 9.17) is 17.3 Å². The minimum atomic E-state index is -0.424. The number of ether oxygens (including phenoxy) is 1. The SMILES string of the molecule is COC(=O)c1sc(-c2cccc(C)c2Cl)cc1N. The number of aryl methyl sites for hydroxylation is 1. The summed E-state index contributed by atoms with van der Waals surface area (Å²) in [6.07, 6.45) is 0. The fourth-order valence-electron chi connectivity index (χ4n) is 1.63. The van der Waals surface area contributed by atoms with Crippen molar-refractivity contribution >= 4 is 34.6 Å². The number of nitrogens with two attached hydrogens (primary N) is 1. The standard InChI is InChI=1S/C13H12ClNO2S/c1-7-4-3-5-8(11(7)14)10-6-9(15)12(18-10)13(16)17-2/h3-6H,15H2,1-2H3. The maximum Gasteiger partial charge on any atom is 0.350 e. The fraction of sp³-hybridized carbons (Fsp3) is 0.154. The van der Waals surface area contributed by atoms with E-state index in [0.717, 1.165) is 16.0 Å². The maximum atomic E-state index is 11.5. The largest absolute Gasteiger partial charge is 0.465 e. The monoisotopic (exact) mass is 281 g/mol. The number of benzene rings is 1. The highest BCUT2D eigenvalue weighted by molar-refractivity contribution is 7.18. The van der Waals surface area contributed by atoms with Crippen LogP contribution in [0.5, 0.6) is 0 Å². The number of esters is 1. The number of anilines is 1. The molecule has 0 aliphatic heterocycles. The van der Waals surface area contributed by atoms with Crippen LogP contribution in [0.3, 0.4) is 0 Å². The molecule has 18 heavy (non-hydrogen) atoms. The van der Waals surface area contributed by atoms with E-state index in [0.29, 0.717) is 15.6 Å². The van der Waals surface area contributed by atoms with Gasteiger partial charge in [0.05, 0.1) is 17.8 Å². The van der Waals surface area contributed by atoms with Crippen molar-refractivity contribution in [2.24, 2.45) is 0 Å². The third-order valence-electron chi connectivity index (χ3n) is 2.59. The van der Waals surface area contributed by atoms with Gasteiger partial charge in [-0.3, -0.25) is 0 Å². The zero-order valence-electron chi connectivity index (χ0n) is 9.99. The van der Waals surface area contributed by atoms with Crippen LogP contribution in [0.25, 0.3) is 10.4 Å². The van der Waals surface area contributed by atoms with Crippen LogP contribution in [0, 0.1) is 6.92 Å². The summed E-state index contributed by atoms with van der Waals surface area (Å²) >= 11 is 7.54. The number of hydrogen-bond donors (Lipinski definition) is 1. The first-order valence-electron chi connectivity index (χ1n) is 5.27. The van der Waals surface area contributed by atoms with E-state index >= 15 is 0 Å². The second-order valence-corrected chi connectivity index (χ2v) is 5.25. The number of rotatable bonds is 2. The van der Waals surface area contributed by atoms with Gasteiger partial charge in [-0.15, -0.1) is 11.3 Å². The van der Waals surface area contributed by atoms with Crippen LogP contribution in [0.15, 0.2) is 24.3 Å². The Balaban J connectivity index is 2.53. The third kappa shape index (κ3) is 2.21. The quantitative estimate of drug-likeness (QED) is 0.853. The molecule has 1 aromatic heterocycles. The number of halogens is 1. The zero-order chi connectivity index (χ0) is 13.3. The van der Waals surface area contributed by atoms with Crippen LogP contribution >= 0.6 is 22.9 Å². The predicted octanol–water partition coefficient (Wildman–Crippen LogP) is 3.75. The lowest BCUT2D eigenvalue weighted by molar-refractivity contribution is 0.0607. The second kappa shape index (κ2) is 5.00. The number of nitrogen functional groups attached to an aromatic ring is 1. The number of carbonyl (C=O) groups is 1. The van der Waals surface area contributed by atoms with Gasteiger partial charge in [-0.05, 0) is 18.6 Å². The summed E-state index contributed by atoms with van der Waals surface area (Å²) < 4.78 is 4.68. The van der Waals surface area contributed by atoms with Gasteiger partial charge in [-0.25, -0.2) is 4.79 Å². The summed E-state index contributed by atoms with van der Waals surface area (Å²) in [5.74, 6) is -0.424. The molecular weight excluding hydrogens is 270 g/mol. The van der Waals surface area contributed by atoms with Gasteiger partial charge in [0.25, 0.3) is 0 Å². The molecule has 0 radical (unpaired) electrons. The van der Waals surface area contributed by atoms with Gasteiger partial charge in [0.15, 0.2) is 0 Å². The molecule has 2 rings (SSSR count). The average molecular weight is 282 g/mol. The Kier molecular flexibility index (Phi) is 3.59. The van der Waals surface area contributed by atoms with Crippen molar-refractivity contribution in [1.29, 1.82) is 0 Å². The molecule has 0 fully saturated rings. The van der Waals surface area contributed by atoms with Crippen molar-refractivity contribution in [3.8, 4) is 10.4 Å². The molecule has 0 saturated carbocycles. The highest BCUT2D eigenvalue weighted by Gasteiger charge is 2.17. The van der Waals surface area contributed by atoms with Crippen molar-refractivity contribution in [2.45, 2.75) is 6.92 Å². The van der Waals surface area contributed by atoms with Gasteiger partial charge in [-0.1, -0.05) is 29.8 Å². The second-order valence-electron chi connectivity index (χ2n) is 3.82. The van der Waals surface area contributed by atoms with Gasteiger partial charge in [0, 0.05) is 10.4 Å². The Bertz CT molecular complexity index is 607. The number of hydrogen-bond acceptors (Lipinski definition) is 4. The first-order chi connectivity index (χ1) is 8.54. The molecule has 1 heterocycles. The van der Waals surface area contributed by atoms with E-state index in [2.05, 4.69) is 4.74 Å². The molecule has 0 amide bonds. The molecule has 0 aliphatic carbocycles. The van der Waals surface area contributed by atoms with Crippen LogP contribution in [-0.4, -0.2) is 13.1 Å². The van der Waals surface area contributed by atoms with E-state index in [1.807, 2.05) is 25.1 Å². The first-order valence-corrected chi connectivity index (χ1v) is 6.47. The zero-order valence-corrected chi connectivity index (χ0v) is 11.6. The summed E-state index contributed by atoms with van der Waals surface area (Å²) in [6, 6.07) is 7.51. The highest BCUT2D eigenvalue weighted by Crippen LogP contribution is 2.38. The Morgan fingerprint density at radius 2 is 2.17 bits per heavy atom. The summed E-state index contributed by atoms with van der Waals surface area (Å²) in [6.45, 7) is 1.93. The van der Waals surface area contributed by atoms with Crippen LogP contribution in [0.2, 0.25) is 5.02 Å². The number of methoxy groups -OCH3 is 1. The molecule has 94 valence electrons. The minimum absolute atomic E-state index is 0.407. The highest BCUT2D eigenvalue weighted by atomic mass is 35.5. The lowest BCUT2D eigenvalue weighted by Gasteiger charge is -2.03. The lowest BCUT2D eigenvalue weighted by Crippen LogP contribution is -2.00. The molecule has 0 aliphatic rings. The Morgan fingerprint density at radius 1 is 1.44 bits per heavy atom. The van der Waals surface area contributed by atoms with Crippen LogP contribution in [0.4, 0.5) is 5.69 Å². The Labute approximate surface area is 114 Å². The smallest absolute Gasteiger partial charge is 0.350 e. The summed E-state index contributed by atoms with van der Waals surface area (Å²) in [4.78, 5) is 12.8. The van der Waals surface area contributed by atoms with E-state index in [-0.39, 0.29) is 0 Å². The molecule has 5 heteroatoms. The van der Waals surface area contributed by atoms with Crippen LogP contribution in [-0.2, 0) is 4.74 Å². The molecule has 3 nitrogen and oxygen atoms in total. The van der Waals surface area contributed by atoms with Gasteiger partial charge in [0.2, 0.25) is 0 Å². The fourth-order valence-corrected chi connectivity index (χ4v) is 2.94. The minimum Gasteiger partial charge on any atom is -0.465 e. The number of thiophene rings is 1.